The summed E-state index contributed by atoms with van der Waals surface area (Å²) in [5.41, 5.74) is 3.16. The van der Waals surface area contributed by atoms with E-state index < -0.39 is 0 Å². The first-order valence-corrected chi connectivity index (χ1v) is 4.56. The van der Waals surface area contributed by atoms with Crippen molar-refractivity contribution in [1.29, 1.82) is 0 Å². The van der Waals surface area contributed by atoms with Crippen LogP contribution in [0, 0.1) is 0 Å². The van der Waals surface area contributed by atoms with E-state index in [2.05, 4.69) is 21.4 Å². The Morgan fingerprint density at radius 2 is 2.36 bits per heavy atom. The fourth-order valence-electron chi connectivity index (χ4n) is 1.63. The number of rotatable bonds is 1. The van der Waals surface area contributed by atoms with Crippen molar-refractivity contribution in [1.82, 2.24) is 10.2 Å². The molecule has 0 aliphatic carbocycles. The van der Waals surface area contributed by atoms with Crippen LogP contribution in [0.5, 0.6) is 0 Å². The zero-order valence-corrected chi connectivity index (χ0v) is 7.53. The largest absolute Gasteiger partial charge is 0.395 e. The third-order valence-corrected chi connectivity index (χ3v) is 2.38. The molecular formula is C10H9N3O. The second-order valence-electron chi connectivity index (χ2n) is 3.29. The van der Waals surface area contributed by atoms with Crippen LogP contribution in [0.1, 0.15) is 12.0 Å². The summed E-state index contributed by atoms with van der Waals surface area (Å²) in [5, 5.41) is 12.0. The van der Waals surface area contributed by atoms with Crippen LogP contribution in [0.4, 0.5) is 0 Å². The normalized spacial score (nSPS) is 15.6. The summed E-state index contributed by atoms with van der Waals surface area (Å²) in [6, 6.07) is 6.14. The number of aromatic nitrogens is 2. The summed E-state index contributed by atoms with van der Waals surface area (Å²) in [4.78, 5) is 4.97. The molecule has 0 fully saturated rings. The molecule has 3 rings (SSSR count). The number of aromatic amines is 1. The topological polar surface area (TPSA) is 50.3 Å². The van der Waals surface area contributed by atoms with E-state index in [0.717, 1.165) is 28.6 Å². The molecule has 0 bridgehead atoms. The molecule has 2 heterocycles. The van der Waals surface area contributed by atoms with Gasteiger partial charge < -0.3 is 4.84 Å². The molecular weight excluding hydrogens is 178 g/mol. The minimum absolute atomic E-state index is 0.691. The van der Waals surface area contributed by atoms with E-state index in [4.69, 9.17) is 4.84 Å². The molecule has 4 nitrogen and oxygen atoms in total. The number of hydrogen-bond donors (Lipinski definition) is 1. The molecule has 0 unspecified atom stereocenters. The Hall–Kier alpha value is -1.84. The molecule has 2 aromatic rings. The summed E-state index contributed by atoms with van der Waals surface area (Å²) in [6.07, 6.45) is 2.70. The van der Waals surface area contributed by atoms with Crippen LogP contribution in [0.15, 0.2) is 29.6 Å². The highest BCUT2D eigenvalue weighted by Crippen LogP contribution is 2.16. The number of nitrogens with one attached hydrogen (secondary N) is 1. The number of H-pyrrole nitrogens is 1. The maximum Gasteiger partial charge on any atom is 0.122 e. The van der Waals surface area contributed by atoms with Gasteiger partial charge in [-0.15, -0.1) is 0 Å². The molecule has 1 aliphatic heterocycles. The molecule has 1 aromatic carbocycles. The van der Waals surface area contributed by atoms with Gasteiger partial charge in [-0.3, -0.25) is 5.10 Å². The zero-order chi connectivity index (χ0) is 9.38. The Bertz CT molecular complexity index is 501. The molecule has 0 saturated heterocycles. The van der Waals surface area contributed by atoms with Gasteiger partial charge in [-0.25, -0.2) is 0 Å². The molecule has 0 saturated carbocycles. The third-order valence-electron chi connectivity index (χ3n) is 2.38. The van der Waals surface area contributed by atoms with Gasteiger partial charge in [0.25, 0.3) is 0 Å². The highest BCUT2D eigenvalue weighted by molar-refractivity contribution is 6.03. The Morgan fingerprint density at radius 3 is 3.21 bits per heavy atom. The van der Waals surface area contributed by atoms with Crippen LogP contribution in [-0.2, 0) is 4.84 Å². The van der Waals surface area contributed by atoms with E-state index >= 15 is 0 Å². The molecule has 0 amide bonds. The van der Waals surface area contributed by atoms with Crippen LogP contribution in [-0.4, -0.2) is 22.5 Å². The van der Waals surface area contributed by atoms with Gasteiger partial charge in [0.05, 0.1) is 17.4 Å². The lowest BCUT2D eigenvalue weighted by Gasteiger charge is -1.97. The van der Waals surface area contributed by atoms with E-state index in [1.54, 1.807) is 0 Å². The standard InChI is InChI=1S/C10H9N3O/c1-2-8-6-11-12-10(8)5-7(1)9-3-4-14-13-9/h1-2,5-6H,3-4H2,(H,11,12). The predicted octanol–water partition coefficient (Wildman–Crippen LogP) is 1.69. The minimum atomic E-state index is 0.691. The van der Waals surface area contributed by atoms with Gasteiger partial charge in [-0.05, 0) is 6.07 Å². The molecule has 70 valence electrons. The van der Waals surface area contributed by atoms with Crippen molar-refractivity contribution < 1.29 is 4.84 Å². The molecule has 0 atom stereocenters. The SMILES string of the molecule is c1cc2cn[nH]c2cc1C1=NOCC1. The Kier molecular flexibility index (Phi) is 1.53. The van der Waals surface area contributed by atoms with Crippen molar-refractivity contribution in [3.8, 4) is 0 Å². The summed E-state index contributed by atoms with van der Waals surface area (Å²) in [5.74, 6) is 0. The van der Waals surface area contributed by atoms with Gasteiger partial charge in [-0.2, -0.15) is 5.10 Å². The van der Waals surface area contributed by atoms with Gasteiger partial charge in [0, 0.05) is 17.4 Å². The van der Waals surface area contributed by atoms with Gasteiger partial charge in [0.1, 0.15) is 6.61 Å². The van der Waals surface area contributed by atoms with Gasteiger partial charge in [0.15, 0.2) is 0 Å². The third kappa shape index (κ3) is 1.08. The molecule has 14 heavy (non-hydrogen) atoms. The van der Waals surface area contributed by atoms with Crippen LogP contribution < -0.4 is 0 Å². The minimum Gasteiger partial charge on any atom is -0.395 e. The number of oxime groups is 1. The van der Waals surface area contributed by atoms with E-state index in [0.29, 0.717) is 6.61 Å². The summed E-state index contributed by atoms with van der Waals surface area (Å²) >= 11 is 0. The summed E-state index contributed by atoms with van der Waals surface area (Å²) in [7, 11) is 0. The van der Waals surface area contributed by atoms with Gasteiger partial charge in [0.2, 0.25) is 0 Å². The molecule has 1 N–H and O–H groups in total. The first-order chi connectivity index (χ1) is 6.93. The number of benzene rings is 1. The molecule has 1 aliphatic rings. The van der Waals surface area contributed by atoms with Crippen molar-refractivity contribution in [3.63, 3.8) is 0 Å². The van der Waals surface area contributed by atoms with Crippen molar-refractivity contribution in [2.24, 2.45) is 5.16 Å². The first-order valence-electron chi connectivity index (χ1n) is 4.56. The van der Waals surface area contributed by atoms with Crippen LogP contribution in [0.2, 0.25) is 0 Å². The van der Waals surface area contributed by atoms with E-state index in [1.165, 1.54) is 0 Å². The van der Waals surface area contributed by atoms with Crippen molar-refractivity contribution in [2.45, 2.75) is 6.42 Å². The molecule has 0 spiro atoms. The number of fused-ring (bicyclic) bond motifs is 1. The first kappa shape index (κ1) is 7.55. The molecule has 4 heteroatoms. The monoisotopic (exact) mass is 187 g/mol. The van der Waals surface area contributed by atoms with Crippen molar-refractivity contribution in [2.75, 3.05) is 6.61 Å². The number of hydrogen-bond acceptors (Lipinski definition) is 3. The van der Waals surface area contributed by atoms with Crippen molar-refractivity contribution in [3.05, 3.63) is 30.0 Å². The molecule has 0 radical (unpaired) electrons. The number of nitrogens with zero attached hydrogens (tertiary/aromatic N) is 2. The average molecular weight is 187 g/mol. The van der Waals surface area contributed by atoms with E-state index in [1.807, 2.05) is 18.3 Å². The smallest absolute Gasteiger partial charge is 0.122 e. The fourth-order valence-corrected chi connectivity index (χ4v) is 1.63. The maximum atomic E-state index is 4.97. The second-order valence-corrected chi connectivity index (χ2v) is 3.29. The lowest BCUT2D eigenvalue weighted by atomic mass is 10.1. The fraction of sp³-hybridized carbons (Fsp3) is 0.200. The van der Waals surface area contributed by atoms with Crippen LogP contribution >= 0.6 is 0 Å². The summed E-state index contributed by atoms with van der Waals surface area (Å²) in [6.45, 7) is 0.691. The quantitative estimate of drug-likeness (QED) is 0.738. The lowest BCUT2D eigenvalue weighted by Crippen LogP contribution is -1.96. The van der Waals surface area contributed by atoms with E-state index in [-0.39, 0.29) is 0 Å². The highest BCUT2D eigenvalue weighted by Gasteiger charge is 2.11. The van der Waals surface area contributed by atoms with E-state index in [9.17, 15) is 0 Å². The van der Waals surface area contributed by atoms with Gasteiger partial charge >= 0.3 is 0 Å². The predicted molar refractivity (Wildman–Crippen MR) is 53.2 cm³/mol. The Morgan fingerprint density at radius 1 is 1.36 bits per heavy atom. The Labute approximate surface area is 80.6 Å². The van der Waals surface area contributed by atoms with Gasteiger partial charge in [-0.1, -0.05) is 17.3 Å². The second kappa shape index (κ2) is 2.83. The highest BCUT2D eigenvalue weighted by atomic mass is 16.6. The van der Waals surface area contributed by atoms with Crippen LogP contribution in [0.3, 0.4) is 0 Å². The Balaban J connectivity index is 2.13. The van der Waals surface area contributed by atoms with Crippen molar-refractivity contribution >= 4 is 16.6 Å². The maximum absolute atomic E-state index is 4.97. The zero-order valence-electron chi connectivity index (χ0n) is 7.53. The average Bonchev–Trinajstić information content (AvgIpc) is 2.88. The molecule has 1 aromatic heterocycles. The lowest BCUT2D eigenvalue weighted by molar-refractivity contribution is 0.174. The summed E-state index contributed by atoms with van der Waals surface area (Å²) < 4.78 is 0. The van der Waals surface area contributed by atoms with Crippen LogP contribution in [0.25, 0.3) is 10.9 Å².